The van der Waals surface area contributed by atoms with E-state index >= 15 is 0 Å². The van der Waals surface area contributed by atoms with Crippen LogP contribution in [-0.4, -0.2) is 27.3 Å². The van der Waals surface area contributed by atoms with Gasteiger partial charge in [-0.3, -0.25) is 5.10 Å². The zero-order valence-electron chi connectivity index (χ0n) is 15.2. The number of urea groups is 1. The fraction of sp³-hybridized carbons (Fsp3) is 0. The molecule has 1 aromatic heterocycles. The number of halogens is 2. The first-order valence-corrected chi connectivity index (χ1v) is 9.51. The maximum atomic E-state index is 12.3. The molecule has 9 heteroatoms. The monoisotopic (exact) mass is 440 g/mol. The van der Waals surface area contributed by atoms with Crippen molar-refractivity contribution >= 4 is 57.5 Å². The SMILES string of the molecule is O=C(Nc1cccc(-c2ccc3c(C(=O)O)n[nH]c3c2)c1)Nc1ccc(Cl)c(Cl)c1. The molecule has 0 fully saturated rings. The van der Waals surface area contributed by atoms with E-state index in [1.807, 2.05) is 24.3 Å². The smallest absolute Gasteiger partial charge is 0.357 e. The summed E-state index contributed by atoms with van der Waals surface area (Å²) >= 11 is 11.8. The number of hydrogen-bond acceptors (Lipinski definition) is 3. The summed E-state index contributed by atoms with van der Waals surface area (Å²) in [5.41, 5.74) is 3.37. The number of rotatable bonds is 4. The largest absolute Gasteiger partial charge is 0.476 e. The normalized spacial score (nSPS) is 10.7. The van der Waals surface area contributed by atoms with Crippen molar-refractivity contribution in [2.75, 3.05) is 10.6 Å². The van der Waals surface area contributed by atoms with Gasteiger partial charge in [-0.1, -0.05) is 41.4 Å². The molecule has 150 valence electrons. The summed E-state index contributed by atoms with van der Waals surface area (Å²) in [7, 11) is 0. The predicted molar refractivity (Wildman–Crippen MR) is 118 cm³/mol. The number of anilines is 2. The van der Waals surface area contributed by atoms with Gasteiger partial charge < -0.3 is 15.7 Å². The molecule has 0 spiro atoms. The van der Waals surface area contributed by atoms with Gasteiger partial charge in [0.15, 0.2) is 5.69 Å². The number of nitrogens with zero attached hydrogens (tertiary/aromatic N) is 1. The number of amides is 2. The summed E-state index contributed by atoms with van der Waals surface area (Å²) in [5.74, 6) is -1.09. The molecule has 7 nitrogen and oxygen atoms in total. The van der Waals surface area contributed by atoms with Crippen molar-refractivity contribution in [1.29, 1.82) is 0 Å². The minimum Gasteiger partial charge on any atom is -0.476 e. The van der Waals surface area contributed by atoms with Crippen LogP contribution in [0.2, 0.25) is 10.0 Å². The highest BCUT2D eigenvalue weighted by atomic mass is 35.5. The highest BCUT2D eigenvalue weighted by molar-refractivity contribution is 6.42. The second-order valence-corrected chi connectivity index (χ2v) is 7.24. The molecule has 0 saturated carbocycles. The number of carbonyl (C=O) groups is 2. The molecule has 0 aliphatic heterocycles. The molecule has 0 aliphatic rings. The highest BCUT2D eigenvalue weighted by Gasteiger charge is 2.13. The number of fused-ring (bicyclic) bond motifs is 1. The van der Waals surface area contributed by atoms with E-state index in [1.54, 1.807) is 36.4 Å². The summed E-state index contributed by atoms with van der Waals surface area (Å²) in [6.07, 6.45) is 0. The number of aromatic carboxylic acids is 1. The van der Waals surface area contributed by atoms with Gasteiger partial charge in [-0.05, 0) is 53.6 Å². The fourth-order valence-corrected chi connectivity index (χ4v) is 3.30. The lowest BCUT2D eigenvalue weighted by atomic mass is 10.0. The van der Waals surface area contributed by atoms with Gasteiger partial charge in [-0.25, -0.2) is 9.59 Å². The summed E-state index contributed by atoms with van der Waals surface area (Å²) in [6, 6.07) is 17.0. The van der Waals surface area contributed by atoms with E-state index in [0.29, 0.717) is 32.3 Å². The molecule has 0 bridgehead atoms. The van der Waals surface area contributed by atoms with Crippen molar-refractivity contribution in [2.24, 2.45) is 0 Å². The molecule has 3 aromatic carbocycles. The second kappa shape index (κ2) is 8.06. The topological polar surface area (TPSA) is 107 Å². The van der Waals surface area contributed by atoms with E-state index < -0.39 is 12.0 Å². The molecule has 4 rings (SSSR count). The van der Waals surface area contributed by atoms with Crippen LogP contribution < -0.4 is 10.6 Å². The zero-order valence-corrected chi connectivity index (χ0v) is 16.8. The lowest BCUT2D eigenvalue weighted by Crippen LogP contribution is -2.19. The number of hydrogen-bond donors (Lipinski definition) is 4. The maximum absolute atomic E-state index is 12.3. The summed E-state index contributed by atoms with van der Waals surface area (Å²) in [5, 5.41) is 22.5. The Labute approximate surface area is 180 Å². The molecule has 0 atom stereocenters. The third-order valence-electron chi connectivity index (χ3n) is 4.40. The number of nitrogens with one attached hydrogen (secondary N) is 3. The highest BCUT2D eigenvalue weighted by Crippen LogP contribution is 2.28. The Bertz CT molecular complexity index is 1290. The Hall–Kier alpha value is -3.55. The van der Waals surface area contributed by atoms with Gasteiger partial charge in [0.25, 0.3) is 0 Å². The predicted octanol–water partition coefficient (Wildman–Crippen LogP) is 5.88. The van der Waals surface area contributed by atoms with E-state index in [1.165, 1.54) is 0 Å². The number of aromatic nitrogens is 2. The molecule has 30 heavy (non-hydrogen) atoms. The van der Waals surface area contributed by atoms with E-state index in [9.17, 15) is 14.7 Å². The van der Waals surface area contributed by atoms with E-state index in [0.717, 1.165) is 11.1 Å². The zero-order chi connectivity index (χ0) is 21.3. The lowest BCUT2D eigenvalue weighted by Gasteiger charge is -2.10. The lowest BCUT2D eigenvalue weighted by molar-refractivity contribution is 0.0692. The minimum absolute atomic E-state index is 0.0223. The fourth-order valence-electron chi connectivity index (χ4n) is 3.01. The molecular weight excluding hydrogens is 427 g/mol. The minimum atomic E-state index is -1.09. The molecule has 0 radical (unpaired) electrons. The number of benzene rings is 3. The van der Waals surface area contributed by atoms with Crippen LogP contribution in [-0.2, 0) is 0 Å². The van der Waals surface area contributed by atoms with Crippen molar-refractivity contribution in [2.45, 2.75) is 0 Å². The van der Waals surface area contributed by atoms with Gasteiger partial charge >= 0.3 is 12.0 Å². The van der Waals surface area contributed by atoms with Crippen LogP contribution in [0.15, 0.2) is 60.7 Å². The standard InChI is InChI=1S/C21H14Cl2N4O3/c22-16-7-5-14(10-17(16)23)25-21(30)24-13-3-1-2-11(8-13)12-4-6-15-18(9-12)26-27-19(15)20(28)29/h1-10H,(H,26,27)(H,28,29)(H2,24,25,30). The van der Waals surface area contributed by atoms with Crippen molar-refractivity contribution in [1.82, 2.24) is 10.2 Å². The van der Waals surface area contributed by atoms with Crippen LogP contribution in [0.3, 0.4) is 0 Å². The Morgan fingerprint density at radius 3 is 2.33 bits per heavy atom. The number of carboxylic acids is 1. The Kier molecular flexibility index (Phi) is 5.31. The van der Waals surface area contributed by atoms with Crippen molar-refractivity contribution < 1.29 is 14.7 Å². The number of carboxylic acid groups (broad SMARTS) is 1. The summed E-state index contributed by atoms with van der Waals surface area (Å²) < 4.78 is 0. The van der Waals surface area contributed by atoms with Crippen LogP contribution in [0.5, 0.6) is 0 Å². The van der Waals surface area contributed by atoms with E-state index in [4.69, 9.17) is 23.2 Å². The maximum Gasteiger partial charge on any atom is 0.357 e. The van der Waals surface area contributed by atoms with Crippen LogP contribution in [0.1, 0.15) is 10.5 Å². The van der Waals surface area contributed by atoms with E-state index in [2.05, 4.69) is 20.8 Å². The van der Waals surface area contributed by atoms with Crippen LogP contribution in [0, 0.1) is 0 Å². The van der Waals surface area contributed by atoms with Crippen LogP contribution in [0.25, 0.3) is 22.0 Å². The number of aromatic amines is 1. The molecule has 1 heterocycles. The van der Waals surface area contributed by atoms with Gasteiger partial charge in [-0.15, -0.1) is 0 Å². The third-order valence-corrected chi connectivity index (χ3v) is 5.14. The summed E-state index contributed by atoms with van der Waals surface area (Å²) in [6.45, 7) is 0. The summed E-state index contributed by atoms with van der Waals surface area (Å²) in [4.78, 5) is 23.5. The molecule has 4 aromatic rings. The molecule has 0 aliphatic carbocycles. The first kappa shape index (κ1) is 19.8. The van der Waals surface area contributed by atoms with Crippen molar-refractivity contribution in [3.05, 3.63) is 76.4 Å². The molecular formula is C21H14Cl2N4O3. The van der Waals surface area contributed by atoms with Crippen molar-refractivity contribution in [3.63, 3.8) is 0 Å². The van der Waals surface area contributed by atoms with Gasteiger partial charge in [-0.2, -0.15) is 5.10 Å². The van der Waals surface area contributed by atoms with Crippen molar-refractivity contribution in [3.8, 4) is 11.1 Å². The quantitative estimate of drug-likeness (QED) is 0.317. The first-order valence-electron chi connectivity index (χ1n) is 8.75. The first-order chi connectivity index (χ1) is 14.4. The van der Waals surface area contributed by atoms with Gasteiger partial charge in [0, 0.05) is 16.8 Å². The average Bonchev–Trinajstić information content (AvgIpc) is 3.14. The Balaban J connectivity index is 1.53. The Morgan fingerprint density at radius 2 is 1.60 bits per heavy atom. The second-order valence-electron chi connectivity index (χ2n) is 6.43. The number of carbonyl (C=O) groups excluding carboxylic acids is 1. The van der Waals surface area contributed by atoms with Gasteiger partial charge in [0.2, 0.25) is 0 Å². The third kappa shape index (κ3) is 4.07. The average molecular weight is 441 g/mol. The van der Waals surface area contributed by atoms with Crippen LogP contribution in [0.4, 0.5) is 16.2 Å². The molecule has 2 amide bonds. The molecule has 4 N–H and O–H groups in total. The van der Waals surface area contributed by atoms with E-state index in [-0.39, 0.29) is 5.69 Å². The Morgan fingerprint density at radius 1 is 0.867 bits per heavy atom. The van der Waals surface area contributed by atoms with Crippen LogP contribution >= 0.6 is 23.2 Å². The van der Waals surface area contributed by atoms with Gasteiger partial charge in [0.05, 0.1) is 15.6 Å². The van der Waals surface area contributed by atoms with Gasteiger partial charge in [0.1, 0.15) is 0 Å². The molecule has 0 unspecified atom stereocenters. The molecule has 0 saturated heterocycles. The number of H-pyrrole nitrogens is 1.